The zero-order chi connectivity index (χ0) is 27.1. The average molecular weight is 537 g/mol. The Morgan fingerprint density at radius 1 is 1.00 bits per heavy atom. The molecule has 0 bridgehead atoms. The molecule has 3 aromatic rings. The van der Waals surface area contributed by atoms with Gasteiger partial charge in [0.05, 0.1) is 29.9 Å². The summed E-state index contributed by atoms with van der Waals surface area (Å²) in [4.78, 5) is 6.91. The van der Waals surface area contributed by atoms with Crippen LogP contribution in [0.5, 0.6) is 0 Å². The zero-order valence-electron chi connectivity index (χ0n) is 23.9. The second-order valence-electron chi connectivity index (χ2n) is 12.6. The molecule has 0 aliphatic carbocycles. The summed E-state index contributed by atoms with van der Waals surface area (Å²) in [6.07, 6.45) is 1.87. The van der Waals surface area contributed by atoms with Crippen molar-refractivity contribution in [1.29, 1.82) is 0 Å². The van der Waals surface area contributed by atoms with E-state index in [4.69, 9.17) is 23.9 Å². The standard InChI is InChI=1S/C28H41BN4O4Si/c1-27(2)28(3,4)37-29(36-27)22-8-9-24-23(19-22)26(31-33(24)20-35-16-17-38(5,6)7)21-10-11-30-25(18-21)32-12-14-34-15-13-32/h8-11,18-19H,12-17,20H2,1-7H3. The van der Waals surface area contributed by atoms with Crippen molar-refractivity contribution < 1.29 is 18.8 Å². The largest absolute Gasteiger partial charge is 0.494 e. The Balaban J connectivity index is 1.51. The van der Waals surface area contributed by atoms with Crippen LogP contribution < -0.4 is 10.4 Å². The molecular weight excluding hydrogens is 495 g/mol. The molecule has 0 spiro atoms. The second-order valence-corrected chi connectivity index (χ2v) is 18.2. The number of fused-ring (bicyclic) bond motifs is 1. The number of anilines is 1. The zero-order valence-corrected chi connectivity index (χ0v) is 24.9. The van der Waals surface area contributed by atoms with Crippen LogP contribution in [0.2, 0.25) is 25.7 Å². The molecular formula is C28H41BN4O4Si. The first-order valence-electron chi connectivity index (χ1n) is 13.7. The molecule has 0 radical (unpaired) electrons. The number of benzene rings is 1. The Kier molecular flexibility index (Phi) is 7.47. The minimum absolute atomic E-state index is 0.401. The van der Waals surface area contributed by atoms with Crippen LogP contribution in [0, 0.1) is 0 Å². The predicted molar refractivity (Wildman–Crippen MR) is 156 cm³/mol. The third-order valence-electron chi connectivity index (χ3n) is 7.86. The highest BCUT2D eigenvalue weighted by molar-refractivity contribution is 6.76. The lowest BCUT2D eigenvalue weighted by Crippen LogP contribution is -2.41. The van der Waals surface area contributed by atoms with Crippen LogP contribution in [0.4, 0.5) is 5.82 Å². The van der Waals surface area contributed by atoms with E-state index in [0.29, 0.717) is 6.73 Å². The maximum absolute atomic E-state index is 6.36. The lowest BCUT2D eigenvalue weighted by atomic mass is 9.78. The number of hydrogen-bond donors (Lipinski definition) is 0. The summed E-state index contributed by atoms with van der Waals surface area (Å²) in [6, 6.07) is 11.6. The normalized spacial score (nSPS) is 19.4. The number of rotatable bonds is 8. The van der Waals surface area contributed by atoms with Crippen molar-refractivity contribution in [3.8, 4) is 11.3 Å². The number of pyridine rings is 1. The lowest BCUT2D eigenvalue weighted by molar-refractivity contribution is 0.00578. The summed E-state index contributed by atoms with van der Waals surface area (Å²) in [5.41, 5.74) is 3.14. The summed E-state index contributed by atoms with van der Waals surface area (Å²) in [5, 5.41) is 6.10. The van der Waals surface area contributed by atoms with Gasteiger partial charge in [-0.3, -0.25) is 0 Å². The van der Waals surface area contributed by atoms with E-state index in [2.05, 4.69) is 81.5 Å². The molecule has 38 heavy (non-hydrogen) atoms. The Morgan fingerprint density at radius 3 is 2.39 bits per heavy atom. The van der Waals surface area contributed by atoms with E-state index in [1.807, 2.05) is 16.9 Å². The first kappa shape index (κ1) is 27.3. The summed E-state index contributed by atoms with van der Waals surface area (Å²) in [5.74, 6) is 0.946. The Morgan fingerprint density at radius 2 is 1.71 bits per heavy atom. The molecule has 0 atom stereocenters. The van der Waals surface area contributed by atoms with E-state index in [1.165, 1.54) is 0 Å². The van der Waals surface area contributed by atoms with E-state index in [0.717, 1.165) is 72.4 Å². The van der Waals surface area contributed by atoms with Crippen LogP contribution in [0.3, 0.4) is 0 Å². The SMILES string of the molecule is CC1(C)OB(c2ccc3c(c2)c(-c2ccnc(N4CCOCC4)c2)nn3COCC[Si](C)(C)C)OC1(C)C. The van der Waals surface area contributed by atoms with Gasteiger partial charge in [-0.15, -0.1) is 0 Å². The van der Waals surface area contributed by atoms with E-state index in [-0.39, 0.29) is 0 Å². The number of aromatic nitrogens is 3. The Bertz CT molecular complexity index is 1270. The molecule has 0 unspecified atom stereocenters. The fraction of sp³-hybridized carbons (Fsp3) is 0.571. The van der Waals surface area contributed by atoms with Gasteiger partial charge in [0.2, 0.25) is 0 Å². The van der Waals surface area contributed by atoms with Gasteiger partial charge in [0.25, 0.3) is 0 Å². The fourth-order valence-corrected chi connectivity index (χ4v) is 5.45. The second kappa shape index (κ2) is 10.4. The molecule has 4 heterocycles. The minimum atomic E-state index is -1.17. The third-order valence-corrected chi connectivity index (χ3v) is 9.57. The topological polar surface area (TPSA) is 70.9 Å². The van der Waals surface area contributed by atoms with Crippen LogP contribution in [0.25, 0.3) is 22.2 Å². The minimum Gasteiger partial charge on any atom is -0.399 e. The van der Waals surface area contributed by atoms with Crippen LogP contribution in [-0.4, -0.2) is 74.1 Å². The van der Waals surface area contributed by atoms with Gasteiger partial charge in [-0.1, -0.05) is 31.8 Å². The summed E-state index contributed by atoms with van der Waals surface area (Å²) >= 11 is 0. The smallest absolute Gasteiger partial charge is 0.399 e. The highest BCUT2D eigenvalue weighted by Gasteiger charge is 2.51. The number of hydrogen-bond acceptors (Lipinski definition) is 7. The van der Waals surface area contributed by atoms with Crippen molar-refractivity contribution in [2.24, 2.45) is 0 Å². The van der Waals surface area contributed by atoms with E-state index < -0.39 is 26.4 Å². The summed E-state index contributed by atoms with van der Waals surface area (Å²) < 4.78 is 26.3. The molecule has 2 aliphatic heterocycles. The van der Waals surface area contributed by atoms with Crippen molar-refractivity contribution in [3.63, 3.8) is 0 Å². The maximum Gasteiger partial charge on any atom is 0.494 e. The van der Waals surface area contributed by atoms with Gasteiger partial charge in [-0.2, -0.15) is 5.10 Å². The Labute approximate surface area is 227 Å². The highest BCUT2D eigenvalue weighted by atomic mass is 28.3. The molecule has 2 aromatic heterocycles. The lowest BCUT2D eigenvalue weighted by Gasteiger charge is -2.32. The van der Waals surface area contributed by atoms with Crippen LogP contribution in [-0.2, 0) is 25.5 Å². The summed E-state index contributed by atoms with van der Waals surface area (Å²) in [6.45, 7) is 19.7. The predicted octanol–water partition coefficient (Wildman–Crippen LogP) is 4.55. The summed E-state index contributed by atoms with van der Waals surface area (Å²) in [7, 11) is -1.60. The molecule has 0 saturated carbocycles. The quantitative estimate of drug-likeness (QED) is 0.309. The monoisotopic (exact) mass is 536 g/mol. The molecule has 2 aliphatic rings. The van der Waals surface area contributed by atoms with Crippen LogP contribution >= 0.6 is 0 Å². The Hall–Kier alpha value is -2.24. The van der Waals surface area contributed by atoms with E-state index >= 15 is 0 Å². The van der Waals surface area contributed by atoms with E-state index in [9.17, 15) is 0 Å². The molecule has 1 aromatic carbocycles. The van der Waals surface area contributed by atoms with Crippen LogP contribution in [0.15, 0.2) is 36.5 Å². The number of morpholine rings is 1. The fourth-order valence-electron chi connectivity index (χ4n) is 4.69. The molecule has 10 heteroatoms. The molecule has 0 N–H and O–H groups in total. The third kappa shape index (κ3) is 5.70. The van der Waals surface area contributed by atoms with Gasteiger partial charge in [-0.05, 0) is 57.4 Å². The molecule has 2 saturated heterocycles. The van der Waals surface area contributed by atoms with Crippen molar-refractivity contribution >= 4 is 37.4 Å². The molecule has 0 amide bonds. The number of nitrogens with zero attached hydrogens (tertiary/aromatic N) is 4. The van der Waals surface area contributed by atoms with Gasteiger partial charge in [0.1, 0.15) is 18.2 Å². The van der Waals surface area contributed by atoms with Crippen molar-refractivity contribution in [1.82, 2.24) is 14.8 Å². The van der Waals surface area contributed by atoms with Gasteiger partial charge < -0.3 is 23.7 Å². The van der Waals surface area contributed by atoms with Crippen molar-refractivity contribution in [3.05, 3.63) is 36.5 Å². The molecule has 2 fully saturated rings. The highest BCUT2D eigenvalue weighted by Crippen LogP contribution is 2.37. The van der Waals surface area contributed by atoms with Gasteiger partial charge >= 0.3 is 7.12 Å². The average Bonchev–Trinajstić information content (AvgIpc) is 3.34. The van der Waals surface area contributed by atoms with Gasteiger partial charge in [0, 0.05) is 44.9 Å². The maximum atomic E-state index is 6.36. The van der Waals surface area contributed by atoms with Gasteiger partial charge in [-0.25, -0.2) is 9.67 Å². The van der Waals surface area contributed by atoms with Crippen molar-refractivity contribution in [2.75, 3.05) is 37.8 Å². The van der Waals surface area contributed by atoms with Crippen molar-refractivity contribution in [2.45, 2.75) is 71.3 Å². The molecule has 204 valence electrons. The first-order chi connectivity index (χ1) is 17.9. The molecule has 8 nitrogen and oxygen atoms in total. The molecule has 5 rings (SSSR count). The first-order valence-corrected chi connectivity index (χ1v) is 17.4. The number of ether oxygens (including phenoxy) is 2. The van der Waals surface area contributed by atoms with Gasteiger partial charge in [0.15, 0.2) is 0 Å². The van der Waals surface area contributed by atoms with E-state index in [1.54, 1.807) is 0 Å². The van der Waals surface area contributed by atoms with Crippen LogP contribution in [0.1, 0.15) is 27.7 Å².